The number of carbonyl (C=O) groups excluding carboxylic acids is 3. The molecule has 0 aliphatic heterocycles. The number of nitrogens with one attached hydrogen (secondary N) is 2. The monoisotopic (exact) mass is 810 g/mol. The van der Waals surface area contributed by atoms with Gasteiger partial charge in [0.1, 0.15) is 5.58 Å². The number of Topliss-reactive ketones (excluding diaryl/α,β-unsaturated/α-hetero) is 1. The summed E-state index contributed by atoms with van der Waals surface area (Å²) in [4.78, 5) is 67.8. The fraction of sp³-hybridized carbons (Fsp3) is 0.413. The molecule has 1 unspecified atom stereocenters. The first-order chi connectivity index (χ1) is 28.2. The Morgan fingerprint density at radius 2 is 1.34 bits per heavy atom. The highest BCUT2D eigenvalue weighted by Gasteiger charge is 2.35. The van der Waals surface area contributed by atoms with Crippen LogP contribution in [0.4, 0.5) is 11.4 Å². The second kappa shape index (κ2) is 22.5. The van der Waals surface area contributed by atoms with Crippen LogP contribution in [0.5, 0.6) is 5.88 Å². The first-order valence-electron chi connectivity index (χ1n) is 20.7. The molecule has 308 valence electrons. The Kier molecular flexibility index (Phi) is 17.0. The Morgan fingerprint density at radius 3 is 2.00 bits per heavy atom. The molecule has 3 aromatic carbocycles. The number of para-hydroxylation sites is 1. The molecule has 11 nitrogen and oxygen atoms in total. The van der Waals surface area contributed by atoms with Crippen molar-refractivity contribution in [2.45, 2.75) is 122 Å². The van der Waals surface area contributed by atoms with Gasteiger partial charge in [0.05, 0.1) is 23.5 Å². The molecule has 5 aromatic rings. The average molecular weight is 811 g/mol. The number of hydrogen-bond donors (Lipinski definition) is 3. The molecule has 0 fully saturated rings. The van der Waals surface area contributed by atoms with Gasteiger partial charge < -0.3 is 20.2 Å². The van der Waals surface area contributed by atoms with Crippen LogP contribution in [-0.4, -0.2) is 31.8 Å². The van der Waals surface area contributed by atoms with E-state index in [1.54, 1.807) is 48.5 Å². The zero-order chi connectivity index (χ0) is 41.3. The maximum atomic E-state index is 14.4. The molecule has 0 aliphatic carbocycles. The number of anilines is 2. The standard InChI is InChI=1S/C46H55ClN4O7/c1-2-3-4-5-6-7-8-9-10-11-12-13-14-15-19-26-40(52)48-34-27-28-37(47)38(29-34)49-45(56)43(44(55)36-30-42(54)58-39-25-21-20-24-35(36)39)51-41(53)32-50(46(51)57)31-33-22-17-16-18-23-33/h16-18,20-25,27-30,32,43,53H,2-15,19,26,31H2,1H3,(H,48,52)(H,49,56). The maximum Gasteiger partial charge on any atom is 0.336 e. The molecule has 0 aliphatic rings. The maximum absolute atomic E-state index is 14.4. The van der Waals surface area contributed by atoms with E-state index >= 15 is 0 Å². The van der Waals surface area contributed by atoms with Crippen molar-refractivity contribution in [2.75, 3.05) is 10.6 Å². The molecule has 5 rings (SSSR count). The number of halogens is 1. The van der Waals surface area contributed by atoms with Gasteiger partial charge in [0.2, 0.25) is 11.8 Å². The van der Waals surface area contributed by atoms with E-state index in [1.165, 1.54) is 93.4 Å². The molecule has 58 heavy (non-hydrogen) atoms. The summed E-state index contributed by atoms with van der Waals surface area (Å²) in [6.45, 7) is 2.30. The summed E-state index contributed by atoms with van der Waals surface area (Å²) in [5.74, 6) is -2.79. The number of ketones is 1. The van der Waals surface area contributed by atoms with Gasteiger partial charge in [0.15, 0.2) is 11.8 Å². The van der Waals surface area contributed by atoms with Crippen LogP contribution in [0.25, 0.3) is 11.0 Å². The molecule has 2 amide bonds. The highest BCUT2D eigenvalue weighted by molar-refractivity contribution is 6.34. The second-order valence-electron chi connectivity index (χ2n) is 14.9. The number of rotatable bonds is 24. The van der Waals surface area contributed by atoms with Gasteiger partial charge in [0, 0.05) is 29.1 Å². The Morgan fingerprint density at radius 1 is 0.741 bits per heavy atom. The van der Waals surface area contributed by atoms with Crippen molar-refractivity contribution in [3.8, 4) is 5.88 Å². The number of benzene rings is 3. The van der Waals surface area contributed by atoms with E-state index in [0.717, 1.165) is 43.5 Å². The van der Waals surface area contributed by atoms with E-state index in [0.29, 0.717) is 16.7 Å². The Balaban J connectivity index is 1.21. The summed E-state index contributed by atoms with van der Waals surface area (Å²) in [6, 6.07) is 18.8. The molecule has 2 heterocycles. The first-order valence-corrected chi connectivity index (χ1v) is 21.1. The third kappa shape index (κ3) is 12.5. The Labute approximate surface area is 344 Å². The molecule has 0 bridgehead atoms. The van der Waals surface area contributed by atoms with Crippen LogP contribution < -0.4 is 21.9 Å². The number of aromatic hydroxyl groups is 1. The average Bonchev–Trinajstić information content (AvgIpc) is 3.48. The van der Waals surface area contributed by atoms with Gasteiger partial charge in [-0.1, -0.05) is 157 Å². The molecule has 0 radical (unpaired) electrons. The SMILES string of the molecule is CCCCCCCCCCCCCCCCCC(=O)Nc1ccc(Cl)c(NC(=O)C(C(=O)c2cc(=O)oc3ccccc23)n2c(O)cn(Cc3ccccc3)c2=O)c1. The lowest BCUT2D eigenvalue weighted by Gasteiger charge is -2.19. The van der Waals surface area contributed by atoms with Gasteiger partial charge in [-0.15, -0.1) is 0 Å². The van der Waals surface area contributed by atoms with Crippen molar-refractivity contribution >= 4 is 51.5 Å². The summed E-state index contributed by atoms with van der Waals surface area (Å²) < 4.78 is 7.12. The second-order valence-corrected chi connectivity index (χ2v) is 15.3. The molecule has 0 saturated heterocycles. The van der Waals surface area contributed by atoms with Crippen LogP contribution in [0.3, 0.4) is 0 Å². The quantitative estimate of drug-likeness (QED) is 0.0243. The predicted molar refractivity (Wildman–Crippen MR) is 230 cm³/mol. The summed E-state index contributed by atoms with van der Waals surface area (Å²) in [5, 5.41) is 16.9. The van der Waals surface area contributed by atoms with Gasteiger partial charge in [-0.3, -0.25) is 19.0 Å². The zero-order valence-corrected chi connectivity index (χ0v) is 34.1. The minimum Gasteiger partial charge on any atom is -0.493 e. The van der Waals surface area contributed by atoms with E-state index < -0.39 is 34.9 Å². The van der Waals surface area contributed by atoms with Crippen molar-refractivity contribution in [1.82, 2.24) is 9.13 Å². The first kappa shape index (κ1) is 43.7. The molecule has 12 heteroatoms. The highest BCUT2D eigenvalue weighted by Crippen LogP contribution is 2.30. The van der Waals surface area contributed by atoms with E-state index in [1.807, 2.05) is 6.07 Å². The minimum absolute atomic E-state index is 0.0492. The van der Waals surface area contributed by atoms with Crippen LogP contribution in [0.2, 0.25) is 5.02 Å². The Bertz CT molecular complexity index is 2240. The lowest BCUT2D eigenvalue weighted by atomic mass is 10.00. The largest absolute Gasteiger partial charge is 0.493 e. The summed E-state index contributed by atoms with van der Waals surface area (Å²) in [6.07, 6.45) is 20.0. The Hall–Kier alpha value is -5.42. The number of nitrogens with zero attached hydrogens (tertiary/aromatic N) is 2. The summed E-state index contributed by atoms with van der Waals surface area (Å²) >= 11 is 6.50. The number of fused-ring (bicyclic) bond motifs is 1. The number of aromatic nitrogens is 2. The highest BCUT2D eigenvalue weighted by atomic mass is 35.5. The van der Waals surface area contributed by atoms with Crippen molar-refractivity contribution in [2.24, 2.45) is 0 Å². The number of hydrogen-bond acceptors (Lipinski definition) is 7. The molecule has 3 N–H and O–H groups in total. The van der Waals surface area contributed by atoms with Gasteiger partial charge in [-0.05, 0) is 36.2 Å². The third-order valence-electron chi connectivity index (χ3n) is 10.4. The zero-order valence-electron chi connectivity index (χ0n) is 33.4. The molecule has 0 saturated carbocycles. The normalized spacial score (nSPS) is 11.8. The fourth-order valence-electron chi connectivity index (χ4n) is 7.23. The van der Waals surface area contributed by atoms with Crippen molar-refractivity contribution in [1.29, 1.82) is 0 Å². The molecular weight excluding hydrogens is 756 g/mol. The number of unbranched alkanes of at least 4 members (excludes halogenated alkanes) is 14. The topological polar surface area (TPSA) is 153 Å². The van der Waals surface area contributed by atoms with Crippen molar-refractivity contribution in [3.05, 3.63) is 122 Å². The van der Waals surface area contributed by atoms with Crippen LogP contribution in [-0.2, 0) is 16.1 Å². The lowest BCUT2D eigenvalue weighted by molar-refractivity contribution is -0.118. The summed E-state index contributed by atoms with van der Waals surface area (Å²) in [7, 11) is 0. The summed E-state index contributed by atoms with van der Waals surface area (Å²) in [5.41, 5.74) is -0.585. The minimum atomic E-state index is -1.98. The van der Waals surface area contributed by atoms with E-state index in [-0.39, 0.29) is 39.7 Å². The van der Waals surface area contributed by atoms with Gasteiger partial charge in [0.25, 0.3) is 5.91 Å². The smallest absolute Gasteiger partial charge is 0.336 e. The van der Waals surface area contributed by atoms with Crippen LogP contribution in [0.15, 0.2) is 99.1 Å². The number of carbonyl (C=O) groups is 3. The van der Waals surface area contributed by atoms with E-state index in [4.69, 9.17) is 16.0 Å². The molecule has 2 aromatic heterocycles. The molecule has 1 atom stereocenters. The van der Waals surface area contributed by atoms with Crippen molar-refractivity contribution in [3.63, 3.8) is 0 Å². The lowest BCUT2D eigenvalue weighted by Crippen LogP contribution is -2.39. The van der Waals surface area contributed by atoms with Gasteiger partial charge in [-0.25, -0.2) is 14.2 Å². The van der Waals surface area contributed by atoms with Crippen LogP contribution in [0.1, 0.15) is 132 Å². The number of imidazole rings is 1. The van der Waals surface area contributed by atoms with Crippen LogP contribution >= 0.6 is 11.6 Å². The van der Waals surface area contributed by atoms with E-state index in [9.17, 15) is 29.1 Å². The van der Waals surface area contributed by atoms with Crippen molar-refractivity contribution < 1.29 is 23.9 Å². The van der Waals surface area contributed by atoms with E-state index in [2.05, 4.69) is 17.6 Å². The van der Waals surface area contributed by atoms with Gasteiger partial charge >= 0.3 is 11.3 Å². The molecule has 0 spiro atoms. The predicted octanol–water partition coefficient (Wildman–Crippen LogP) is 10.4. The molecular formula is C46H55ClN4O7. The third-order valence-corrected chi connectivity index (χ3v) is 10.7. The number of amides is 2. The van der Waals surface area contributed by atoms with Gasteiger partial charge in [-0.2, -0.15) is 0 Å². The van der Waals surface area contributed by atoms with Crippen LogP contribution in [0, 0.1) is 0 Å². The fourth-order valence-corrected chi connectivity index (χ4v) is 7.39.